The second-order valence-electron chi connectivity index (χ2n) is 5.57. The topological polar surface area (TPSA) is 9.23 Å². The average Bonchev–Trinajstić information content (AvgIpc) is 2.29. The van der Waals surface area contributed by atoms with Gasteiger partial charge in [-0.25, -0.2) is 0 Å². The van der Waals surface area contributed by atoms with Crippen molar-refractivity contribution in [2.75, 3.05) is 12.5 Å². The summed E-state index contributed by atoms with van der Waals surface area (Å²) in [4.78, 5) is 0. The van der Waals surface area contributed by atoms with Gasteiger partial charge in [0.05, 0.1) is 5.60 Å². The number of hydrogen-bond donors (Lipinski definition) is 0. The van der Waals surface area contributed by atoms with Crippen LogP contribution in [0.15, 0.2) is 28.7 Å². The van der Waals surface area contributed by atoms with Crippen LogP contribution in [-0.2, 0) is 11.2 Å². The lowest BCUT2D eigenvalue weighted by Gasteiger charge is -2.22. The third-order valence-corrected chi connectivity index (χ3v) is 3.96. The lowest BCUT2D eigenvalue weighted by atomic mass is 9.98. The fourth-order valence-electron chi connectivity index (χ4n) is 1.74. The molecular weight excluding hydrogens is 312 g/mol. The normalized spacial score (nSPS) is 13.6. The minimum absolute atomic E-state index is 0.0653. The molecule has 0 amide bonds. The highest BCUT2D eigenvalue weighted by Gasteiger charge is 2.14. The molecule has 0 saturated carbocycles. The first-order valence-corrected chi connectivity index (χ1v) is 7.68. The lowest BCUT2D eigenvalue weighted by molar-refractivity contribution is -0.00832. The molecule has 1 nitrogen and oxygen atoms in total. The monoisotopic (exact) mass is 332 g/mol. The first-order chi connectivity index (χ1) is 8.42. The van der Waals surface area contributed by atoms with E-state index in [0.29, 0.717) is 11.8 Å². The molecule has 102 valence electrons. The van der Waals surface area contributed by atoms with E-state index in [1.54, 1.807) is 0 Å². The summed E-state index contributed by atoms with van der Waals surface area (Å²) in [5, 5.41) is 0. The highest BCUT2D eigenvalue weighted by Crippen LogP contribution is 2.22. The van der Waals surface area contributed by atoms with Gasteiger partial charge in [0.15, 0.2) is 0 Å². The Labute approximate surface area is 124 Å². The molecule has 0 aliphatic rings. The summed E-state index contributed by atoms with van der Waals surface area (Å²) < 4.78 is 6.92. The maximum absolute atomic E-state index is 6.05. The number of ether oxygens (including phenoxy) is 1. The van der Waals surface area contributed by atoms with E-state index in [1.807, 2.05) is 6.07 Å². The molecular formula is C15H22BrClO. The number of alkyl halides is 1. The summed E-state index contributed by atoms with van der Waals surface area (Å²) in [6, 6.07) is 8.32. The molecule has 1 aromatic carbocycles. The fourth-order valence-corrected chi connectivity index (χ4v) is 2.45. The van der Waals surface area contributed by atoms with Gasteiger partial charge >= 0.3 is 0 Å². The Bertz CT molecular complexity index is 360. The van der Waals surface area contributed by atoms with Gasteiger partial charge in [-0.15, -0.1) is 11.6 Å². The Morgan fingerprint density at radius 1 is 1.28 bits per heavy atom. The van der Waals surface area contributed by atoms with Crippen LogP contribution in [0.3, 0.4) is 0 Å². The molecule has 0 radical (unpaired) electrons. The summed E-state index contributed by atoms with van der Waals surface area (Å²) in [7, 11) is 0. The van der Waals surface area contributed by atoms with Crippen LogP contribution in [0, 0.1) is 5.92 Å². The van der Waals surface area contributed by atoms with Gasteiger partial charge in [-0.3, -0.25) is 0 Å². The van der Waals surface area contributed by atoms with Crippen molar-refractivity contribution >= 4 is 27.5 Å². The Morgan fingerprint density at radius 2 is 1.94 bits per heavy atom. The summed E-state index contributed by atoms with van der Waals surface area (Å²) in [6.45, 7) is 7.01. The molecule has 0 aliphatic heterocycles. The van der Waals surface area contributed by atoms with Crippen LogP contribution in [0.5, 0.6) is 0 Å². The highest BCUT2D eigenvalue weighted by molar-refractivity contribution is 9.10. The van der Waals surface area contributed by atoms with Gasteiger partial charge in [0.25, 0.3) is 0 Å². The minimum atomic E-state index is -0.0653. The van der Waals surface area contributed by atoms with Crippen LogP contribution < -0.4 is 0 Å². The van der Waals surface area contributed by atoms with Gasteiger partial charge in [0, 0.05) is 17.0 Å². The van der Waals surface area contributed by atoms with Crippen LogP contribution >= 0.6 is 27.5 Å². The predicted molar refractivity (Wildman–Crippen MR) is 82.4 cm³/mol. The Hall–Kier alpha value is -0.0500. The number of benzene rings is 1. The van der Waals surface area contributed by atoms with Crippen LogP contribution in [-0.4, -0.2) is 18.1 Å². The van der Waals surface area contributed by atoms with Crippen LogP contribution in [0.4, 0.5) is 0 Å². The maximum Gasteiger partial charge on any atom is 0.0598 e. The Kier molecular flexibility index (Phi) is 6.68. The van der Waals surface area contributed by atoms with Crippen molar-refractivity contribution in [2.45, 2.75) is 39.2 Å². The van der Waals surface area contributed by atoms with E-state index in [9.17, 15) is 0 Å². The molecule has 0 spiro atoms. The molecule has 1 aromatic rings. The standard InChI is InChI=1S/C15H22BrClO/c1-15(2,3)18-9-8-12(11-17)10-13-6-4-5-7-14(13)16/h4-7,12H,8-11H2,1-3H3. The molecule has 18 heavy (non-hydrogen) atoms. The Morgan fingerprint density at radius 3 is 2.50 bits per heavy atom. The van der Waals surface area contributed by atoms with E-state index in [0.717, 1.165) is 23.9 Å². The van der Waals surface area contributed by atoms with Crippen LogP contribution in [0.25, 0.3) is 0 Å². The smallest absolute Gasteiger partial charge is 0.0598 e. The summed E-state index contributed by atoms with van der Waals surface area (Å²) in [5.74, 6) is 1.14. The molecule has 1 rings (SSSR count). The van der Waals surface area contributed by atoms with Gasteiger partial charge in [-0.1, -0.05) is 34.1 Å². The maximum atomic E-state index is 6.05. The molecule has 0 bridgehead atoms. The summed E-state index contributed by atoms with van der Waals surface area (Å²) >= 11 is 9.63. The van der Waals surface area contributed by atoms with Crippen molar-refractivity contribution in [2.24, 2.45) is 5.92 Å². The Balaban J connectivity index is 2.45. The first kappa shape index (κ1) is 16.0. The second kappa shape index (κ2) is 7.52. The molecule has 0 heterocycles. The second-order valence-corrected chi connectivity index (χ2v) is 6.73. The van der Waals surface area contributed by atoms with Gasteiger partial charge in [-0.05, 0) is 51.2 Å². The summed E-state index contributed by atoms with van der Waals surface area (Å²) in [6.07, 6.45) is 2.00. The molecule has 0 aliphatic carbocycles. The zero-order valence-electron chi connectivity index (χ0n) is 11.4. The third-order valence-electron chi connectivity index (χ3n) is 2.75. The van der Waals surface area contributed by atoms with E-state index in [4.69, 9.17) is 16.3 Å². The van der Waals surface area contributed by atoms with E-state index in [2.05, 4.69) is 54.9 Å². The van der Waals surface area contributed by atoms with Gasteiger partial charge in [0.1, 0.15) is 0 Å². The molecule has 3 heteroatoms. The average molecular weight is 334 g/mol. The molecule has 0 aromatic heterocycles. The van der Waals surface area contributed by atoms with Crippen LogP contribution in [0.2, 0.25) is 0 Å². The van der Waals surface area contributed by atoms with Crippen molar-refractivity contribution in [3.05, 3.63) is 34.3 Å². The predicted octanol–water partition coefficient (Wildman–Crippen LogP) is 5.05. The zero-order valence-corrected chi connectivity index (χ0v) is 13.7. The lowest BCUT2D eigenvalue weighted by Crippen LogP contribution is -2.21. The molecule has 1 atom stereocenters. The van der Waals surface area contributed by atoms with Crippen molar-refractivity contribution in [3.63, 3.8) is 0 Å². The minimum Gasteiger partial charge on any atom is -0.376 e. The largest absolute Gasteiger partial charge is 0.376 e. The number of rotatable bonds is 6. The van der Waals surface area contributed by atoms with Crippen LogP contribution in [0.1, 0.15) is 32.8 Å². The van der Waals surface area contributed by atoms with Crippen molar-refractivity contribution in [1.29, 1.82) is 0 Å². The molecule has 0 N–H and O–H groups in total. The third kappa shape index (κ3) is 6.21. The van der Waals surface area contributed by atoms with E-state index in [1.165, 1.54) is 5.56 Å². The van der Waals surface area contributed by atoms with Crippen molar-refractivity contribution in [1.82, 2.24) is 0 Å². The number of hydrogen-bond acceptors (Lipinski definition) is 1. The zero-order chi connectivity index (χ0) is 13.6. The van der Waals surface area contributed by atoms with Gasteiger partial charge < -0.3 is 4.74 Å². The van der Waals surface area contributed by atoms with Crippen molar-refractivity contribution in [3.8, 4) is 0 Å². The SMILES string of the molecule is CC(C)(C)OCCC(CCl)Cc1ccccc1Br. The quantitative estimate of drug-likeness (QED) is 0.662. The van der Waals surface area contributed by atoms with E-state index in [-0.39, 0.29) is 5.60 Å². The van der Waals surface area contributed by atoms with E-state index < -0.39 is 0 Å². The summed E-state index contributed by atoms with van der Waals surface area (Å²) in [5.41, 5.74) is 1.25. The fraction of sp³-hybridized carbons (Fsp3) is 0.600. The van der Waals surface area contributed by atoms with E-state index >= 15 is 0 Å². The molecule has 1 unspecified atom stereocenters. The molecule has 0 fully saturated rings. The first-order valence-electron chi connectivity index (χ1n) is 6.35. The van der Waals surface area contributed by atoms with Gasteiger partial charge in [-0.2, -0.15) is 0 Å². The van der Waals surface area contributed by atoms with Crippen molar-refractivity contribution < 1.29 is 4.74 Å². The molecule has 0 saturated heterocycles. The van der Waals surface area contributed by atoms with Gasteiger partial charge in [0.2, 0.25) is 0 Å². The number of halogens is 2. The highest BCUT2D eigenvalue weighted by atomic mass is 79.9.